The highest BCUT2D eigenvalue weighted by atomic mass is 15.2. The van der Waals surface area contributed by atoms with Gasteiger partial charge in [-0.2, -0.15) is 0 Å². The number of fused-ring (bicyclic) bond motifs is 1. The van der Waals surface area contributed by atoms with Crippen molar-refractivity contribution in [2.24, 2.45) is 0 Å². The van der Waals surface area contributed by atoms with Crippen molar-refractivity contribution in [3.05, 3.63) is 30.2 Å². The fraction of sp³-hybridized carbons (Fsp3) is 0.500. The molecule has 1 saturated heterocycles. The summed E-state index contributed by atoms with van der Waals surface area (Å²) in [7, 11) is 0. The molecule has 0 saturated carbocycles. The number of nitrogens with two attached hydrogens (primary N) is 1. The lowest BCUT2D eigenvalue weighted by atomic mass is 10.2. The van der Waals surface area contributed by atoms with E-state index in [4.69, 9.17) is 5.73 Å². The van der Waals surface area contributed by atoms with Crippen LogP contribution in [0.4, 0.5) is 5.82 Å². The number of likely N-dealkylation sites (tertiary alicyclic amines) is 1. The zero-order valence-electron chi connectivity index (χ0n) is 11.0. The van der Waals surface area contributed by atoms with Crippen LogP contribution < -0.4 is 5.73 Å². The molecule has 2 aromatic heterocycles. The number of rotatable bonds is 2. The molecule has 18 heavy (non-hydrogen) atoms. The predicted molar refractivity (Wildman–Crippen MR) is 73.4 cm³/mol. The Morgan fingerprint density at radius 2 is 2.22 bits per heavy atom. The third-order valence-electron chi connectivity index (χ3n) is 3.86. The van der Waals surface area contributed by atoms with Gasteiger partial charge in [0, 0.05) is 6.04 Å². The highest BCUT2D eigenvalue weighted by Crippen LogP contribution is 2.33. The van der Waals surface area contributed by atoms with E-state index in [0.717, 1.165) is 23.7 Å². The number of anilines is 1. The summed E-state index contributed by atoms with van der Waals surface area (Å²) in [6, 6.07) is 6.92. The molecule has 3 heterocycles. The van der Waals surface area contributed by atoms with Gasteiger partial charge in [-0.1, -0.05) is 6.07 Å². The maximum absolute atomic E-state index is 6.10. The first-order valence-electron chi connectivity index (χ1n) is 6.66. The molecule has 4 heteroatoms. The Morgan fingerprint density at radius 3 is 3.00 bits per heavy atom. The van der Waals surface area contributed by atoms with Crippen LogP contribution in [0.25, 0.3) is 5.52 Å². The number of nitrogens with zero attached hydrogens (tertiary/aromatic N) is 3. The fourth-order valence-electron chi connectivity index (χ4n) is 3.02. The van der Waals surface area contributed by atoms with E-state index < -0.39 is 0 Å². The monoisotopic (exact) mass is 244 g/mol. The zero-order chi connectivity index (χ0) is 12.7. The lowest BCUT2D eigenvalue weighted by Gasteiger charge is -2.27. The molecule has 4 nitrogen and oxygen atoms in total. The number of nitrogen functional groups attached to an aromatic ring is 1. The second-order valence-corrected chi connectivity index (χ2v) is 5.32. The first kappa shape index (κ1) is 11.5. The predicted octanol–water partition coefficient (Wildman–Crippen LogP) is 2.46. The summed E-state index contributed by atoms with van der Waals surface area (Å²) >= 11 is 0. The number of hydrogen-bond donors (Lipinski definition) is 1. The van der Waals surface area contributed by atoms with Gasteiger partial charge in [-0.25, -0.2) is 4.98 Å². The Morgan fingerprint density at radius 1 is 1.39 bits per heavy atom. The van der Waals surface area contributed by atoms with Gasteiger partial charge in [-0.05, 0) is 45.4 Å². The first-order valence-corrected chi connectivity index (χ1v) is 6.66. The van der Waals surface area contributed by atoms with Gasteiger partial charge < -0.3 is 5.73 Å². The lowest BCUT2D eigenvalue weighted by Crippen LogP contribution is -2.31. The Kier molecular flexibility index (Phi) is 2.74. The molecule has 1 aliphatic rings. The van der Waals surface area contributed by atoms with E-state index >= 15 is 0 Å². The summed E-state index contributed by atoms with van der Waals surface area (Å²) in [5.74, 6) is 1.87. The standard InChI is InChI=1S/C14H20N4/c1-10(2)17-8-4-6-12(17)14-16-9-11-5-3-7-13(15)18(11)14/h3,5,7,9-10,12H,4,6,8,15H2,1-2H3. The maximum atomic E-state index is 6.10. The van der Waals surface area contributed by atoms with Gasteiger partial charge in [-0.15, -0.1) is 0 Å². The summed E-state index contributed by atoms with van der Waals surface area (Å²) < 4.78 is 2.09. The van der Waals surface area contributed by atoms with E-state index in [1.54, 1.807) is 0 Å². The van der Waals surface area contributed by atoms with Crippen molar-refractivity contribution in [2.75, 3.05) is 12.3 Å². The van der Waals surface area contributed by atoms with Crippen LogP contribution in [0.5, 0.6) is 0 Å². The van der Waals surface area contributed by atoms with Gasteiger partial charge in [0.2, 0.25) is 0 Å². The van der Waals surface area contributed by atoms with E-state index in [1.165, 1.54) is 12.8 Å². The quantitative estimate of drug-likeness (QED) is 0.882. The molecule has 3 rings (SSSR count). The Bertz CT molecular complexity index is 558. The Hall–Kier alpha value is -1.55. The molecular weight excluding hydrogens is 224 g/mol. The molecule has 2 aromatic rings. The Balaban J connectivity index is 2.09. The molecular formula is C14H20N4. The summed E-state index contributed by atoms with van der Waals surface area (Å²) in [6.07, 6.45) is 4.33. The number of hydrogen-bond acceptors (Lipinski definition) is 3. The van der Waals surface area contributed by atoms with Crippen molar-refractivity contribution in [2.45, 2.75) is 38.8 Å². The molecule has 1 fully saturated rings. The lowest BCUT2D eigenvalue weighted by molar-refractivity contribution is 0.198. The van der Waals surface area contributed by atoms with E-state index in [-0.39, 0.29) is 0 Å². The molecule has 0 bridgehead atoms. The maximum Gasteiger partial charge on any atom is 0.132 e. The minimum absolute atomic E-state index is 0.400. The van der Waals surface area contributed by atoms with E-state index in [1.807, 2.05) is 18.3 Å². The molecule has 0 aromatic carbocycles. The molecule has 1 aliphatic heterocycles. The molecule has 96 valence electrons. The third-order valence-corrected chi connectivity index (χ3v) is 3.86. The summed E-state index contributed by atoms with van der Waals surface area (Å²) in [5, 5.41) is 0. The van der Waals surface area contributed by atoms with E-state index in [9.17, 15) is 0 Å². The van der Waals surface area contributed by atoms with Crippen molar-refractivity contribution >= 4 is 11.3 Å². The summed E-state index contributed by atoms with van der Waals surface area (Å²) in [6.45, 7) is 5.65. The molecule has 1 unspecified atom stereocenters. The second-order valence-electron chi connectivity index (χ2n) is 5.32. The second kappa shape index (κ2) is 4.28. The van der Waals surface area contributed by atoms with Crippen molar-refractivity contribution in [3.8, 4) is 0 Å². The minimum atomic E-state index is 0.400. The molecule has 2 N–H and O–H groups in total. The van der Waals surface area contributed by atoms with E-state index in [0.29, 0.717) is 12.1 Å². The number of aromatic nitrogens is 2. The first-order chi connectivity index (χ1) is 8.68. The SMILES string of the molecule is CC(C)N1CCCC1c1ncc2cccc(N)n12. The van der Waals surface area contributed by atoms with Crippen LogP contribution in [-0.4, -0.2) is 26.9 Å². The van der Waals surface area contributed by atoms with Crippen LogP contribution in [0.1, 0.15) is 38.6 Å². The Labute approximate surface area is 107 Å². The molecule has 1 atom stereocenters. The van der Waals surface area contributed by atoms with Gasteiger partial charge in [0.25, 0.3) is 0 Å². The van der Waals surface area contributed by atoms with Crippen LogP contribution in [0.15, 0.2) is 24.4 Å². The molecule has 0 radical (unpaired) electrons. The van der Waals surface area contributed by atoms with Crippen molar-refractivity contribution in [3.63, 3.8) is 0 Å². The minimum Gasteiger partial charge on any atom is -0.385 e. The van der Waals surface area contributed by atoms with Crippen LogP contribution in [0.2, 0.25) is 0 Å². The topological polar surface area (TPSA) is 46.6 Å². The molecule has 0 amide bonds. The van der Waals surface area contributed by atoms with Gasteiger partial charge in [0.15, 0.2) is 0 Å². The van der Waals surface area contributed by atoms with Crippen LogP contribution in [-0.2, 0) is 0 Å². The smallest absolute Gasteiger partial charge is 0.132 e. The van der Waals surface area contributed by atoms with Crippen molar-refractivity contribution in [1.82, 2.24) is 14.3 Å². The van der Waals surface area contributed by atoms with E-state index in [2.05, 4.69) is 34.2 Å². The molecule has 0 spiro atoms. The van der Waals surface area contributed by atoms with Crippen LogP contribution in [0, 0.1) is 0 Å². The highest BCUT2D eigenvalue weighted by molar-refractivity contribution is 5.53. The summed E-state index contributed by atoms with van der Waals surface area (Å²) in [4.78, 5) is 7.13. The average molecular weight is 244 g/mol. The van der Waals surface area contributed by atoms with Gasteiger partial charge in [-0.3, -0.25) is 9.30 Å². The van der Waals surface area contributed by atoms with Gasteiger partial charge in [0.1, 0.15) is 11.6 Å². The largest absolute Gasteiger partial charge is 0.385 e. The van der Waals surface area contributed by atoms with Gasteiger partial charge in [0.05, 0.1) is 17.8 Å². The van der Waals surface area contributed by atoms with Crippen molar-refractivity contribution < 1.29 is 0 Å². The average Bonchev–Trinajstić information content (AvgIpc) is 2.94. The number of pyridine rings is 1. The van der Waals surface area contributed by atoms with Crippen LogP contribution >= 0.6 is 0 Å². The van der Waals surface area contributed by atoms with Gasteiger partial charge >= 0.3 is 0 Å². The zero-order valence-corrected chi connectivity index (χ0v) is 11.0. The van der Waals surface area contributed by atoms with Crippen LogP contribution in [0.3, 0.4) is 0 Å². The van der Waals surface area contributed by atoms with Crippen molar-refractivity contribution in [1.29, 1.82) is 0 Å². The number of imidazole rings is 1. The molecule has 0 aliphatic carbocycles. The summed E-state index contributed by atoms with van der Waals surface area (Å²) in [5.41, 5.74) is 7.18. The highest BCUT2D eigenvalue weighted by Gasteiger charge is 2.30. The normalized spacial score (nSPS) is 21.2. The fourth-order valence-corrected chi connectivity index (χ4v) is 3.02. The third kappa shape index (κ3) is 1.68.